The summed E-state index contributed by atoms with van der Waals surface area (Å²) in [6, 6.07) is 12.9. The molecule has 1 saturated heterocycles. The van der Waals surface area contributed by atoms with Crippen LogP contribution in [0.25, 0.3) is 6.08 Å². The number of carbonyl (C=O) groups excluding carboxylic acids is 1. The highest BCUT2D eigenvalue weighted by atomic mass is 35.5. The van der Waals surface area contributed by atoms with Gasteiger partial charge in [-0.25, -0.2) is 0 Å². The average Bonchev–Trinajstić information content (AvgIpc) is 2.95. The number of carbonyl (C=O) groups is 1. The average molecular weight is 432 g/mol. The van der Waals surface area contributed by atoms with E-state index in [1.165, 1.54) is 11.8 Å². The van der Waals surface area contributed by atoms with Gasteiger partial charge in [0.2, 0.25) is 0 Å². The van der Waals surface area contributed by atoms with Gasteiger partial charge in [-0.15, -0.1) is 0 Å². The second kappa shape index (κ2) is 9.28. The molecule has 1 amide bonds. The van der Waals surface area contributed by atoms with Crippen LogP contribution in [0.4, 0.5) is 0 Å². The van der Waals surface area contributed by atoms with E-state index in [4.69, 9.17) is 33.3 Å². The number of benzene rings is 2. The van der Waals surface area contributed by atoms with Crippen molar-refractivity contribution in [3.63, 3.8) is 0 Å². The van der Waals surface area contributed by atoms with E-state index in [0.29, 0.717) is 33.1 Å². The standard InChI is InChI=1S/C21H18ClNO3S2/c1-3-10-26-18-9-6-15(11-17(18)22)12-19-20(24)23(21(27)28-19)13-14-4-7-16(25-2)8-5-14/h3-9,11-12H,1,10,13H2,2H3/b19-12-. The number of hydrogen-bond donors (Lipinski definition) is 0. The maximum atomic E-state index is 12.8. The molecule has 0 N–H and O–H groups in total. The van der Waals surface area contributed by atoms with Gasteiger partial charge in [-0.1, -0.05) is 66.4 Å². The molecule has 1 aliphatic rings. The van der Waals surface area contributed by atoms with Crippen LogP contribution in [-0.4, -0.2) is 28.8 Å². The summed E-state index contributed by atoms with van der Waals surface area (Å²) in [5.74, 6) is 1.23. The Morgan fingerprint density at radius 3 is 2.64 bits per heavy atom. The van der Waals surface area contributed by atoms with Crippen molar-refractivity contribution in [1.29, 1.82) is 0 Å². The van der Waals surface area contributed by atoms with Gasteiger partial charge >= 0.3 is 0 Å². The zero-order valence-electron chi connectivity index (χ0n) is 15.2. The Balaban J connectivity index is 1.75. The van der Waals surface area contributed by atoms with Crippen LogP contribution in [0.15, 0.2) is 60.0 Å². The molecular weight excluding hydrogens is 414 g/mol. The van der Waals surface area contributed by atoms with E-state index in [9.17, 15) is 4.79 Å². The number of ether oxygens (including phenoxy) is 2. The Hall–Kier alpha value is -2.28. The lowest BCUT2D eigenvalue weighted by molar-refractivity contribution is -0.122. The number of methoxy groups -OCH3 is 1. The van der Waals surface area contributed by atoms with E-state index in [-0.39, 0.29) is 5.91 Å². The fourth-order valence-corrected chi connectivity index (χ4v) is 4.07. The smallest absolute Gasteiger partial charge is 0.266 e. The summed E-state index contributed by atoms with van der Waals surface area (Å²) < 4.78 is 11.2. The normalized spacial score (nSPS) is 15.2. The first-order valence-corrected chi connectivity index (χ1v) is 10.0. The molecule has 2 aromatic carbocycles. The van der Waals surface area contributed by atoms with Crippen LogP contribution in [0.3, 0.4) is 0 Å². The predicted octanol–water partition coefficient (Wildman–Crippen LogP) is 5.31. The topological polar surface area (TPSA) is 38.8 Å². The lowest BCUT2D eigenvalue weighted by atomic mass is 10.2. The van der Waals surface area contributed by atoms with Gasteiger partial charge in [0, 0.05) is 0 Å². The van der Waals surface area contributed by atoms with Crippen molar-refractivity contribution >= 4 is 51.9 Å². The Labute approximate surface area is 178 Å². The molecule has 0 saturated carbocycles. The van der Waals surface area contributed by atoms with Crippen molar-refractivity contribution in [2.45, 2.75) is 6.54 Å². The molecule has 28 heavy (non-hydrogen) atoms. The van der Waals surface area contributed by atoms with Gasteiger partial charge in [-0.2, -0.15) is 0 Å². The van der Waals surface area contributed by atoms with Crippen LogP contribution in [0.2, 0.25) is 5.02 Å². The van der Waals surface area contributed by atoms with Gasteiger partial charge in [0.05, 0.1) is 23.6 Å². The molecule has 144 valence electrons. The molecule has 1 aliphatic heterocycles. The van der Waals surface area contributed by atoms with Gasteiger partial charge in [-0.05, 0) is 41.5 Å². The third-order valence-corrected chi connectivity index (χ3v) is 5.66. The largest absolute Gasteiger partial charge is 0.497 e. The van der Waals surface area contributed by atoms with Gasteiger partial charge < -0.3 is 9.47 Å². The first-order valence-electron chi connectivity index (χ1n) is 8.43. The summed E-state index contributed by atoms with van der Waals surface area (Å²) in [6.07, 6.45) is 3.44. The maximum Gasteiger partial charge on any atom is 0.266 e. The predicted molar refractivity (Wildman–Crippen MR) is 119 cm³/mol. The molecule has 7 heteroatoms. The number of hydrogen-bond acceptors (Lipinski definition) is 5. The molecule has 0 atom stereocenters. The van der Waals surface area contributed by atoms with E-state index in [1.54, 1.807) is 36.3 Å². The fraction of sp³-hybridized carbons (Fsp3) is 0.143. The summed E-state index contributed by atoms with van der Waals surface area (Å²) in [4.78, 5) is 15.0. The zero-order chi connectivity index (χ0) is 20.1. The molecule has 0 unspecified atom stereocenters. The van der Waals surface area contributed by atoms with Crippen molar-refractivity contribution in [1.82, 2.24) is 4.90 Å². The second-order valence-corrected chi connectivity index (χ2v) is 7.99. The highest BCUT2D eigenvalue weighted by molar-refractivity contribution is 8.26. The first-order chi connectivity index (χ1) is 13.5. The number of rotatable bonds is 7. The second-order valence-electron chi connectivity index (χ2n) is 5.91. The van der Waals surface area contributed by atoms with Crippen LogP contribution >= 0.6 is 35.6 Å². The maximum absolute atomic E-state index is 12.8. The Kier molecular flexibility index (Phi) is 6.78. The molecule has 1 heterocycles. The third kappa shape index (κ3) is 4.76. The van der Waals surface area contributed by atoms with Crippen LogP contribution in [0.1, 0.15) is 11.1 Å². The van der Waals surface area contributed by atoms with E-state index in [2.05, 4.69) is 6.58 Å². The number of thioether (sulfide) groups is 1. The molecule has 0 radical (unpaired) electrons. The van der Waals surface area contributed by atoms with E-state index in [0.717, 1.165) is 16.9 Å². The molecule has 1 fully saturated rings. The van der Waals surface area contributed by atoms with Crippen molar-refractivity contribution < 1.29 is 14.3 Å². The quantitative estimate of drug-likeness (QED) is 0.337. The van der Waals surface area contributed by atoms with Crippen molar-refractivity contribution in [2.24, 2.45) is 0 Å². The van der Waals surface area contributed by atoms with Crippen molar-refractivity contribution in [3.05, 3.63) is 76.2 Å². The zero-order valence-corrected chi connectivity index (χ0v) is 17.6. The molecule has 2 aromatic rings. The Morgan fingerprint density at radius 2 is 2.00 bits per heavy atom. The summed E-state index contributed by atoms with van der Waals surface area (Å²) in [5.41, 5.74) is 1.78. The molecule has 0 aliphatic carbocycles. The van der Waals surface area contributed by atoms with Gasteiger partial charge in [0.25, 0.3) is 5.91 Å². The van der Waals surface area contributed by atoms with Crippen molar-refractivity contribution in [2.75, 3.05) is 13.7 Å². The summed E-state index contributed by atoms with van der Waals surface area (Å²) in [6.45, 7) is 4.41. The molecule has 3 rings (SSSR count). The van der Waals surface area contributed by atoms with Crippen LogP contribution in [0, 0.1) is 0 Å². The number of amides is 1. The van der Waals surface area contributed by atoms with Gasteiger partial charge in [-0.3, -0.25) is 9.69 Å². The fourth-order valence-electron chi connectivity index (χ4n) is 2.57. The van der Waals surface area contributed by atoms with Gasteiger partial charge in [0.15, 0.2) is 0 Å². The van der Waals surface area contributed by atoms with Gasteiger partial charge in [0.1, 0.15) is 22.4 Å². The minimum absolute atomic E-state index is 0.117. The molecule has 0 spiro atoms. The van der Waals surface area contributed by atoms with Crippen molar-refractivity contribution in [3.8, 4) is 11.5 Å². The summed E-state index contributed by atoms with van der Waals surface area (Å²) in [7, 11) is 1.62. The van der Waals surface area contributed by atoms with Crippen LogP contribution < -0.4 is 9.47 Å². The summed E-state index contributed by atoms with van der Waals surface area (Å²) in [5, 5.41) is 0.476. The highest BCUT2D eigenvalue weighted by Crippen LogP contribution is 2.35. The first kappa shape index (κ1) is 20.5. The monoisotopic (exact) mass is 431 g/mol. The molecule has 0 bridgehead atoms. The minimum atomic E-state index is -0.117. The third-order valence-electron chi connectivity index (χ3n) is 3.98. The number of nitrogens with zero attached hydrogens (tertiary/aromatic N) is 1. The number of thiocarbonyl (C=S) groups is 1. The Morgan fingerprint density at radius 1 is 1.25 bits per heavy atom. The van der Waals surface area contributed by atoms with E-state index in [1.807, 2.05) is 30.3 Å². The molecule has 0 aromatic heterocycles. The lowest BCUT2D eigenvalue weighted by Crippen LogP contribution is -2.27. The lowest BCUT2D eigenvalue weighted by Gasteiger charge is -2.14. The Bertz CT molecular complexity index is 941. The minimum Gasteiger partial charge on any atom is -0.497 e. The number of halogens is 1. The van der Waals surface area contributed by atoms with E-state index < -0.39 is 0 Å². The SMILES string of the molecule is C=CCOc1ccc(/C=C2\SC(=S)N(Cc3ccc(OC)cc3)C2=O)cc1Cl. The molecule has 4 nitrogen and oxygen atoms in total. The highest BCUT2D eigenvalue weighted by Gasteiger charge is 2.32. The molecular formula is C21H18ClNO3S2. The van der Waals surface area contributed by atoms with E-state index >= 15 is 0 Å². The summed E-state index contributed by atoms with van der Waals surface area (Å²) >= 11 is 12.9. The van der Waals surface area contributed by atoms with Crippen LogP contribution in [0.5, 0.6) is 11.5 Å². The van der Waals surface area contributed by atoms with Crippen LogP contribution in [-0.2, 0) is 11.3 Å².